The quantitative estimate of drug-likeness (QED) is 0.160. The van der Waals surface area contributed by atoms with Crippen LogP contribution in [-0.2, 0) is 5.41 Å². The fourth-order valence-electron chi connectivity index (χ4n) is 9.46. The van der Waals surface area contributed by atoms with E-state index in [9.17, 15) is 10.5 Å². The van der Waals surface area contributed by atoms with E-state index < -0.39 is 5.41 Å². The zero-order chi connectivity index (χ0) is 42.3. The lowest BCUT2D eigenvalue weighted by Crippen LogP contribution is -2.37. The molecule has 0 saturated heterocycles. The Labute approximate surface area is 366 Å². The molecule has 0 amide bonds. The second-order valence-electron chi connectivity index (χ2n) is 15.6. The molecule has 9 aromatic rings. The van der Waals surface area contributed by atoms with Gasteiger partial charge in [0.05, 0.1) is 68.5 Å². The third-order valence-corrected chi connectivity index (χ3v) is 12.1. The van der Waals surface area contributed by atoms with E-state index in [-0.39, 0.29) is 0 Å². The molecule has 11 rings (SSSR count). The van der Waals surface area contributed by atoms with E-state index in [0.29, 0.717) is 11.1 Å². The molecule has 0 atom stereocenters. The number of ether oxygens (including phenoxy) is 1. The molecule has 0 unspecified atom stereocenters. The van der Waals surface area contributed by atoms with Crippen LogP contribution in [0.1, 0.15) is 33.4 Å². The number of para-hydroxylation sites is 6. The van der Waals surface area contributed by atoms with Gasteiger partial charge in [-0.2, -0.15) is 10.5 Å². The van der Waals surface area contributed by atoms with E-state index in [0.717, 1.165) is 73.8 Å². The average molecular weight is 808 g/mol. The number of hydrogen-bond acceptors (Lipinski definition) is 6. The minimum atomic E-state index is -0.633. The van der Waals surface area contributed by atoms with Crippen molar-refractivity contribution in [3.8, 4) is 23.6 Å². The van der Waals surface area contributed by atoms with Crippen LogP contribution >= 0.6 is 0 Å². The van der Waals surface area contributed by atoms with Crippen LogP contribution in [0.25, 0.3) is 0 Å². The summed E-state index contributed by atoms with van der Waals surface area (Å²) in [6.45, 7) is 0. The zero-order valence-electron chi connectivity index (χ0n) is 34.0. The van der Waals surface area contributed by atoms with Gasteiger partial charge in [-0.25, -0.2) is 0 Å². The van der Waals surface area contributed by atoms with Crippen molar-refractivity contribution < 1.29 is 4.74 Å². The molecular formula is C57H37N5O. The molecule has 6 heteroatoms. The van der Waals surface area contributed by atoms with Crippen LogP contribution in [0.15, 0.2) is 224 Å². The molecule has 6 nitrogen and oxygen atoms in total. The third kappa shape index (κ3) is 6.09. The van der Waals surface area contributed by atoms with E-state index in [1.54, 1.807) is 0 Å². The topological polar surface area (TPSA) is 66.5 Å². The van der Waals surface area contributed by atoms with Crippen LogP contribution < -0.4 is 19.4 Å². The highest BCUT2D eigenvalue weighted by atomic mass is 16.5. The second kappa shape index (κ2) is 15.3. The lowest BCUT2D eigenvalue weighted by Gasteiger charge is -2.46. The molecule has 0 spiro atoms. The Morgan fingerprint density at radius 1 is 0.381 bits per heavy atom. The lowest BCUT2D eigenvalue weighted by molar-refractivity contribution is 0.477. The van der Waals surface area contributed by atoms with Crippen LogP contribution in [0.5, 0.6) is 11.5 Å². The lowest BCUT2D eigenvalue weighted by atomic mass is 9.62. The molecule has 2 aliphatic rings. The van der Waals surface area contributed by atoms with Crippen molar-refractivity contribution in [1.82, 2.24) is 0 Å². The van der Waals surface area contributed by atoms with Gasteiger partial charge in [0.1, 0.15) is 0 Å². The summed E-state index contributed by atoms with van der Waals surface area (Å²) < 4.78 is 6.52. The molecule has 0 aliphatic carbocycles. The maximum atomic E-state index is 9.81. The number of anilines is 9. The molecule has 0 radical (unpaired) electrons. The van der Waals surface area contributed by atoms with Crippen LogP contribution in [0.2, 0.25) is 0 Å². The normalized spacial score (nSPS) is 12.9. The number of fused-ring (bicyclic) bond motifs is 4. The molecular weight excluding hydrogens is 771 g/mol. The molecule has 9 aromatic carbocycles. The molecule has 0 bridgehead atoms. The van der Waals surface area contributed by atoms with E-state index in [1.807, 2.05) is 84.9 Å². The van der Waals surface area contributed by atoms with Gasteiger partial charge in [-0.15, -0.1) is 0 Å². The first-order valence-electron chi connectivity index (χ1n) is 20.9. The largest absolute Gasteiger partial charge is 0.453 e. The first-order valence-corrected chi connectivity index (χ1v) is 20.9. The van der Waals surface area contributed by atoms with Gasteiger partial charge in [-0.3, -0.25) is 0 Å². The first-order chi connectivity index (χ1) is 31.1. The highest BCUT2D eigenvalue weighted by Gasteiger charge is 2.46. The fourth-order valence-corrected chi connectivity index (χ4v) is 9.46. The zero-order valence-corrected chi connectivity index (χ0v) is 34.0. The van der Waals surface area contributed by atoms with Gasteiger partial charge in [0.25, 0.3) is 0 Å². The van der Waals surface area contributed by atoms with Crippen molar-refractivity contribution >= 4 is 51.2 Å². The average Bonchev–Trinajstić information content (AvgIpc) is 3.35. The van der Waals surface area contributed by atoms with Crippen LogP contribution in [0.4, 0.5) is 51.2 Å². The minimum Gasteiger partial charge on any atom is -0.453 e. The Morgan fingerprint density at radius 3 is 1.21 bits per heavy atom. The van der Waals surface area contributed by atoms with E-state index in [4.69, 9.17) is 4.74 Å². The summed E-state index contributed by atoms with van der Waals surface area (Å²) in [5, 5.41) is 19.6. The Bertz CT molecular complexity index is 3050. The standard InChI is InChI=1S/C57H37N5O/c58-38-40-27-31-44(32-28-40)60(45-33-29-41(39-59)30-34-45)46-35-47(37-48(36-46)62-53-23-11-13-25-55(53)63-56-26-14-12-24-54(56)62)61-51-21-9-7-19-49(51)57(42-15-3-1-4-16-42,43-17-5-2-6-18-43)50-20-8-10-22-52(50)61/h1-37H. The Hall–Kier alpha value is -8.84. The van der Waals surface area contributed by atoms with E-state index in [1.165, 1.54) is 11.1 Å². The summed E-state index contributed by atoms with van der Waals surface area (Å²) >= 11 is 0. The Kier molecular flexibility index (Phi) is 9.04. The number of hydrogen-bond donors (Lipinski definition) is 0. The van der Waals surface area contributed by atoms with Gasteiger partial charge in [0, 0.05) is 11.4 Å². The molecule has 0 fully saturated rings. The maximum absolute atomic E-state index is 9.81. The smallest absolute Gasteiger partial charge is 0.151 e. The summed E-state index contributed by atoms with van der Waals surface area (Å²) in [5.41, 5.74) is 13.5. The van der Waals surface area contributed by atoms with Crippen LogP contribution in [-0.4, -0.2) is 0 Å². The predicted molar refractivity (Wildman–Crippen MR) is 252 cm³/mol. The highest BCUT2D eigenvalue weighted by Crippen LogP contribution is 2.59. The molecule has 296 valence electrons. The van der Waals surface area contributed by atoms with E-state index >= 15 is 0 Å². The predicted octanol–water partition coefficient (Wildman–Crippen LogP) is 14.6. The Balaban J connectivity index is 1.22. The summed E-state index contributed by atoms with van der Waals surface area (Å²) in [5.74, 6) is 1.51. The molecule has 2 heterocycles. The molecule has 0 saturated carbocycles. The van der Waals surface area contributed by atoms with Gasteiger partial charge in [-0.1, -0.05) is 121 Å². The third-order valence-electron chi connectivity index (χ3n) is 12.1. The number of rotatable bonds is 7. The summed E-state index contributed by atoms with van der Waals surface area (Å²) in [7, 11) is 0. The summed E-state index contributed by atoms with van der Waals surface area (Å²) in [6.07, 6.45) is 0. The first kappa shape index (κ1) is 37.2. The highest BCUT2D eigenvalue weighted by molar-refractivity contribution is 5.95. The maximum Gasteiger partial charge on any atom is 0.151 e. The van der Waals surface area contributed by atoms with Gasteiger partial charge in [-0.05, 0) is 125 Å². The van der Waals surface area contributed by atoms with Crippen molar-refractivity contribution in [3.05, 3.63) is 258 Å². The van der Waals surface area contributed by atoms with Crippen LogP contribution in [0.3, 0.4) is 0 Å². The molecule has 63 heavy (non-hydrogen) atoms. The van der Waals surface area contributed by atoms with E-state index in [2.05, 4.69) is 166 Å². The SMILES string of the molecule is N#Cc1ccc(N(c2ccc(C#N)cc2)c2cc(N3c4ccccc4Oc4ccccc43)cc(N3c4ccccc4C(c4ccccc4)(c4ccccc4)c4ccccc43)c2)cc1. The van der Waals surface area contributed by atoms with Crippen molar-refractivity contribution in [3.63, 3.8) is 0 Å². The summed E-state index contributed by atoms with van der Waals surface area (Å²) in [4.78, 5) is 6.86. The van der Waals surface area contributed by atoms with Crippen molar-refractivity contribution in [2.45, 2.75) is 5.41 Å². The number of nitriles is 2. The van der Waals surface area contributed by atoms with Crippen molar-refractivity contribution in [2.24, 2.45) is 0 Å². The minimum absolute atomic E-state index is 0.566. The number of nitrogens with zero attached hydrogens (tertiary/aromatic N) is 5. The second-order valence-corrected chi connectivity index (χ2v) is 15.6. The van der Waals surface area contributed by atoms with Crippen LogP contribution in [0, 0.1) is 22.7 Å². The Morgan fingerprint density at radius 2 is 0.762 bits per heavy atom. The number of benzene rings is 9. The van der Waals surface area contributed by atoms with Gasteiger partial charge in [0.2, 0.25) is 0 Å². The van der Waals surface area contributed by atoms with Gasteiger partial charge in [0.15, 0.2) is 11.5 Å². The van der Waals surface area contributed by atoms with Gasteiger partial charge >= 0.3 is 0 Å². The van der Waals surface area contributed by atoms with Crippen molar-refractivity contribution in [1.29, 1.82) is 10.5 Å². The van der Waals surface area contributed by atoms with Crippen molar-refractivity contribution in [2.75, 3.05) is 14.7 Å². The summed E-state index contributed by atoms with van der Waals surface area (Å²) in [6, 6.07) is 82.0. The van der Waals surface area contributed by atoms with Gasteiger partial charge < -0.3 is 19.4 Å². The fraction of sp³-hybridized carbons (Fsp3) is 0.0175. The monoisotopic (exact) mass is 807 g/mol. The molecule has 2 aliphatic heterocycles. The molecule has 0 N–H and O–H groups in total. The molecule has 0 aromatic heterocycles.